The zero-order chi connectivity index (χ0) is 20.6. The van der Waals surface area contributed by atoms with Crippen LogP contribution in [0.25, 0.3) is 0 Å². The molecule has 2 aromatic carbocycles. The summed E-state index contributed by atoms with van der Waals surface area (Å²) in [7, 11) is -3.68. The van der Waals surface area contributed by atoms with Gasteiger partial charge in [0.2, 0.25) is 15.9 Å². The molecule has 2 aliphatic rings. The number of carbonyl (C=O) groups excluding carboxylic acids is 2. The van der Waals surface area contributed by atoms with Crippen LogP contribution in [-0.4, -0.2) is 44.0 Å². The fraction of sp³-hybridized carbons (Fsp3) is 0.364. The summed E-state index contributed by atoms with van der Waals surface area (Å²) in [6.07, 6.45) is 1.87. The maximum atomic E-state index is 13.0. The molecule has 1 saturated heterocycles. The van der Waals surface area contributed by atoms with E-state index < -0.39 is 10.0 Å². The lowest BCUT2D eigenvalue weighted by Gasteiger charge is -2.32. The second-order valence-corrected chi connectivity index (χ2v) is 9.57. The Morgan fingerprint density at radius 3 is 2.41 bits per heavy atom. The summed E-state index contributed by atoms with van der Waals surface area (Å²) in [5.41, 5.74) is 2.55. The molecule has 0 saturated carbocycles. The maximum Gasteiger partial charge on any atom is 0.243 e. The lowest BCUT2D eigenvalue weighted by molar-refractivity contribution is -0.123. The highest BCUT2D eigenvalue weighted by Gasteiger charge is 2.35. The summed E-state index contributed by atoms with van der Waals surface area (Å²) in [6, 6.07) is 14.1. The first-order valence-corrected chi connectivity index (χ1v) is 11.3. The van der Waals surface area contributed by atoms with Crippen LogP contribution in [0.1, 0.15) is 35.7 Å². The van der Waals surface area contributed by atoms with E-state index in [0.717, 1.165) is 12.1 Å². The van der Waals surface area contributed by atoms with E-state index >= 15 is 0 Å². The number of ketones is 1. The van der Waals surface area contributed by atoms with Crippen molar-refractivity contribution in [3.63, 3.8) is 0 Å². The number of Topliss-reactive ketones (excluding diaryl/α,β-unsaturated/α-hetero) is 1. The normalized spacial score (nSPS) is 17.9. The van der Waals surface area contributed by atoms with Crippen molar-refractivity contribution in [3.8, 4) is 0 Å². The van der Waals surface area contributed by atoms with Gasteiger partial charge in [-0.05, 0) is 49.9 Å². The Balaban J connectivity index is 1.45. The molecule has 0 unspecified atom stereocenters. The van der Waals surface area contributed by atoms with Gasteiger partial charge in [-0.1, -0.05) is 30.3 Å². The summed E-state index contributed by atoms with van der Waals surface area (Å²) in [6.45, 7) is 2.71. The van der Waals surface area contributed by atoms with E-state index in [4.69, 9.17) is 0 Å². The van der Waals surface area contributed by atoms with Gasteiger partial charge in [-0.2, -0.15) is 4.31 Å². The first-order chi connectivity index (χ1) is 13.9. The van der Waals surface area contributed by atoms with E-state index in [1.807, 2.05) is 29.2 Å². The van der Waals surface area contributed by atoms with Crippen molar-refractivity contribution >= 4 is 27.4 Å². The quantitative estimate of drug-likeness (QED) is 0.724. The van der Waals surface area contributed by atoms with Crippen molar-refractivity contribution < 1.29 is 18.0 Å². The molecule has 4 rings (SSSR count). The number of carbonyl (C=O) groups is 2. The third kappa shape index (κ3) is 3.72. The van der Waals surface area contributed by atoms with Crippen molar-refractivity contribution in [3.05, 3.63) is 59.7 Å². The molecule has 2 aliphatic heterocycles. The number of para-hydroxylation sites is 1. The van der Waals surface area contributed by atoms with Crippen LogP contribution in [0.3, 0.4) is 0 Å². The summed E-state index contributed by atoms with van der Waals surface area (Å²) in [5, 5.41) is 0. The number of fused-ring (bicyclic) bond motifs is 1. The first kappa shape index (κ1) is 19.8. The summed E-state index contributed by atoms with van der Waals surface area (Å²) >= 11 is 0. The molecule has 1 fully saturated rings. The highest BCUT2D eigenvalue weighted by molar-refractivity contribution is 7.89. The Kier molecular flexibility index (Phi) is 5.27. The van der Waals surface area contributed by atoms with E-state index in [0.29, 0.717) is 38.0 Å². The molecule has 0 spiro atoms. The predicted molar refractivity (Wildman–Crippen MR) is 110 cm³/mol. The molecule has 0 N–H and O–H groups in total. The molecule has 2 heterocycles. The molecular weight excluding hydrogens is 388 g/mol. The van der Waals surface area contributed by atoms with Crippen LogP contribution in [0.15, 0.2) is 53.4 Å². The molecule has 0 radical (unpaired) electrons. The van der Waals surface area contributed by atoms with Gasteiger partial charge in [0.25, 0.3) is 0 Å². The molecule has 2 aromatic rings. The highest BCUT2D eigenvalue weighted by atomic mass is 32.2. The molecule has 6 nitrogen and oxygen atoms in total. The Labute approximate surface area is 171 Å². The van der Waals surface area contributed by atoms with Crippen LogP contribution in [0.4, 0.5) is 5.69 Å². The minimum atomic E-state index is -3.68. The average Bonchev–Trinajstić information content (AvgIpc) is 3.17. The Hall–Kier alpha value is -2.51. The van der Waals surface area contributed by atoms with Crippen LogP contribution < -0.4 is 4.90 Å². The smallest absolute Gasteiger partial charge is 0.243 e. The van der Waals surface area contributed by atoms with E-state index in [1.165, 1.54) is 28.9 Å². The number of amides is 1. The molecule has 29 heavy (non-hydrogen) atoms. The number of rotatable bonds is 4. The third-order valence-electron chi connectivity index (χ3n) is 5.83. The van der Waals surface area contributed by atoms with Gasteiger partial charge < -0.3 is 4.90 Å². The monoisotopic (exact) mass is 412 g/mol. The van der Waals surface area contributed by atoms with Gasteiger partial charge in [0, 0.05) is 36.8 Å². The van der Waals surface area contributed by atoms with Gasteiger partial charge >= 0.3 is 0 Å². The summed E-state index contributed by atoms with van der Waals surface area (Å²) in [4.78, 5) is 26.6. The maximum absolute atomic E-state index is 13.0. The topological polar surface area (TPSA) is 74.8 Å². The Morgan fingerprint density at radius 2 is 1.69 bits per heavy atom. The standard InChI is InChI=1S/C22H24N2O4S/c1-16(25)19-6-4-7-20(15-19)29(27,28)23-12-9-18(10-13-23)22(26)24-14-11-17-5-2-3-8-21(17)24/h2-8,15,18H,9-14H2,1H3. The zero-order valence-corrected chi connectivity index (χ0v) is 17.2. The average molecular weight is 413 g/mol. The lowest BCUT2D eigenvalue weighted by Crippen LogP contribution is -2.44. The van der Waals surface area contributed by atoms with Gasteiger partial charge in [-0.3, -0.25) is 9.59 Å². The number of sulfonamides is 1. The molecule has 0 bridgehead atoms. The molecular formula is C22H24N2O4S. The van der Waals surface area contributed by atoms with E-state index in [1.54, 1.807) is 12.1 Å². The van der Waals surface area contributed by atoms with Crippen LogP contribution in [0.2, 0.25) is 0 Å². The van der Waals surface area contributed by atoms with Crippen molar-refractivity contribution in [2.24, 2.45) is 5.92 Å². The van der Waals surface area contributed by atoms with Gasteiger partial charge in [0.05, 0.1) is 4.90 Å². The van der Waals surface area contributed by atoms with E-state index in [2.05, 4.69) is 0 Å². The second-order valence-electron chi connectivity index (χ2n) is 7.63. The van der Waals surface area contributed by atoms with Crippen molar-refractivity contribution in [1.29, 1.82) is 0 Å². The van der Waals surface area contributed by atoms with Gasteiger partial charge in [-0.15, -0.1) is 0 Å². The minimum absolute atomic E-state index is 0.0885. The molecule has 152 valence electrons. The van der Waals surface area contributed by atoms with Crippen LogP contribution >= 0.6 is 0 Å². The molecule has 1 amide bonds. The second kappa shape index (κ2) is 7.72. The first-order valence-electron chi connectivity index (χ1n) is 9.88. The fourth-order valence-corrected chi connectivity index (χ4v) is 5.67. The van der Waals surface area contributed by atoms with Crippen LogP contribution in [0, 0.1) is 5.92 Å². The van der Waals surface area contributed by atoms with Crippen molar-refractivity contribution in [2.75, 3.05) is 24.5 Å². The number of anilines is 1. The Bertz CT molecular complexity index is 1060. The molecule has 0 atom stereocenters. The number of piperidine rings is 1. The van der Waals surface area contributed by atoms with E-state index in [9.17, 15) is 18.0 Å². The highest BCUT2D eigenvalue weighted by Crippen LogP contribution is 2.32. The molecule has 0 aliphatic carbocycles. The van der Waals surface area contributed by atoms with Crippen LogP contribution in [0.5, 0.6) is 0 Å². The van der Waals surface area contributed by atoms with Gasteiger partial charge in [-0.25, -0.2) is 8.42 Å². The summed E-state index contributed by atoms with van der Waals surface area (Å²) < 4.78 is 27.4. The largest absolute Gasteiger partial charge is 0.312 e. The number of hydrogen-bond donors (Lipinski definition) is 0. The zero-order valence-electron chi connectivity index (χ0n) is 16.4. The third-order valence-corrected chi connectivity index (χ3v) is 7.73. The van der Waals surface area contributed by atoms with Gasteiger partial charge in [0.1, 0.15) is 0 Å². The molecule has 0 aromatic heterocycles. The Morgan fingerprint density at radius 1 is 0.966 bits per heavy atom. The number of hydrogen-bond acceptors (Lipinski definition) is 4. The molecule has 7 heteroatoms. The summed E-state index contributed by atoms with van der Waals surface area (Å²) in [5.74, 6) is -0.251. The SMILES string of the molecule is CC(=O)c1cccc(S(=O)(=O)N2CCC(C(=O)N3CCc4ccccc43)CC2)c1. The fourth-order valence-electron chi connectivity index (χ4n) is 4.16. The minimum Gasteiger partial charge on any atom is -0.312 e. The van der Waals surface area contributed by atoms with Crippen molar-refractivity contribution in [1.82, 2.24) is 4.31 Å². The lowest BCUT2D eigenvalue weighted by atomic mass is 9.96. The van der Waals surface area contributed by atoms with Gasteiger partial charge in [0.15, 0.2) is 5.78 Å². The van der Waals surface area contributed by atoms with Crippen LogP contribution in [-0.2, 0) is 21.2 Å². The predicted octanol–water partition coefficient (Wildman–Crippen LogP) is 2.88. The number of nitrogens with zero attached hydrogens (tertiary/aromatic N) is 2. The van der Waals surface area contributed by atoms with Crippen molar-refractivity contribution in [2.45, 2.75) is 31.1 Å². The number of benzene rings is 2. The van der Waals surface area contributed by atoms with E-state index in [-0.39, 0.29) is 22.5 Å².